The first-order valence-corrected chi connectivity index (χ1v) is 5.90. The largest absolute Gasteiger partial charge is 0.338 e. The van der Waals surface area contributed by atoms with Gasteiger partial charge in [-0.25, -0.2) is 0 Å². The van der Waals surface area contributed by atoms with Crippen LogP contribution in [0, 0.1) is 0 Å². The maximum absolute atomic E-state index is 11.8. The van der Waals surface area contributed by atoms with Crippen LogP contribution in [0.3, 0.4) is 0 Å². The molecule has 90 valence electrons. The molecule has 3 heteroatoms. The molecule has 1 atom stereocenters. The van der Waals surface area contributed by atoms with E-state index in [0.717, 1.165) is 19.5 Å². The van der Waals surface area contributed by atoms with E-state index in [1.54, 1.807) is 12.2 Å². The van der Waals surface area contributed by atoms with Gasteiger partial charge in [-0.1, -0.05) is 18.2 Å². The molecule has 1 fully saturated rings. The maximum Gasteiger partial charge on any atom is 0.246 e. The first-order valence-electron chi connectivity index (χ1n) is 5.90. The number of carbonyl (C=O) groups excluding carboxylic acids is 1. The average Bonchev–Trinajstić information content (AvgIpc) is 2.28. The van der Waals surface area contributed by atoms with Crippen molar-refractivity contribution in [3.8, 4) is 0 Å². The fourth-order valence-electron chi connectivity index (χ4n) is 2.00. The molecule has 0 saturated carbocycles. The van der Waals surface area contributed by atoms with Gasteiger partial charge in [-0.15, -0.1) is 0 Å². The normalized spacial score (nSPS) is 23.1. The standard InChI is InChI=1S/C13H22N2O/c1-4-5-6-9-13(16)15(3)12-8-7-10-14(2)11-12/h4-6,9,12H,7-8,10-11H2,1-3H3/b5-4+,9-6+/t12-/m1/s1. The van der Waals surface area contributed by atoms with Gasteiger partial charge in [0.2, 0.25) is 5.91 Å². The van der Waals surface area contributed by atoms with Gasteiger partial charge in [-0.05, 0) is 33.4 Å². The second kappa shape index (κ2) is 6.48. The van der Waals surface area contributed by atoms with Crippen molar-refractivity contribution in [2.75, 3.05) is 27.2 Å². The van der Waals surface area contributed by atoms with E-state index in [0.29, 0.717) is 6.04 Å². The molecule has 0 bridgehead atoms. The summed E-state index contributed by atoms with van der Waals surface area (Å²) in [6, 6.07) is 0.363. The van der Waals surface area contributed by atoms with E-state index in [2.05, 4.69) is 11.9 Å². The Labute approximate surface area is 98.4 Å². The first-order chi connectivity index (χ1) is 7.65. The number of rotatable bonds is 3. The van der Waals surface area contributed by atoms with Crippen LogP contribution in [0.15, 0.2) is 24.3 Å². The zero-order valence-corrected chi connectivity index (χ0v) is 10.5. The highest BCUT2D eigenvalue weighted by Crippen LogP contribution is 2.13. The Balaban J connectivity index is 2.49. The lowest BCUT2D eigenvalue weighted by Gasteiger charge is -2.35. The average molecular weight is 222 g/mol. The molecular formula is C13H22N2O. The van der Waals surface area contributed by atoms with Crippen molar-refractivity contribution < 1.29 is 4.79 Å². The SMILES string of the molecule is C/C=C/C=C/C(=O)N(C)[C@@H]1CCCN(C)C1. The molecule has 1 saturated heterocycles. The third-order valence-electron chi connectivity index (χ3n) is 3.04. The lowest BCUT2D eigenvalue weighted by molar-refractivity contribution is -0.127. The summed E-state index contributed by atoms with van der Waals surface area (Å²) < 4.78 is 0. The van der Waals surface area contributed by atoms with E-state index in [1.807, 2.05) is 31.0 Å². The third-order valence-corrected chi connectivity index (χ3v) is 3.04. The second-order valence-corrected chi connectivity index (χ2v) is 4.39. The molecule has 1 aliphatic rings. The molecule has 1 amide bonds. The first kappa shape index (κ1) is 13.0. The Kier molecular flexibility index (Phi) is 5.26. The van der Waals surface area contributed by atoms with Crippen molar-refractivity contribution in [3.63, 3.8) is 0 Å². The van der Waals surface area contributed by atoms with Crippen LogP contribution in [-0.4, -0.2) is 48.9 Å². The summed E-state index contributed by atoms with van der Waals surface area (Å²) in [7, 11) is 4.01. The zero-order valence-electron chi connectivity index (χ0n) is 10.5. The fraction of sp³-hybridized carbons (Fsp3) is 0.615. The Morgan fingerprint density at radius 2 is 2.19 bits per heavy atom. The lowest BCUT2D eigenvalue weighted by Crippen LogP contribution is -2.46. The molecule has 1 heterocycles. The smallest absolute Gasteiger partial charge is 0.246 e. The Hall–Kier alpha value is -1.09. The van der Waals surface area contributed by atoms with Gasteiger partial charge >= 0.3 is 0 Å². The van der Waals surface area contributed by atoms with Crippen molar-refractivity contribution >= 4 is 5.91 Å². The zero-order chi connectivity index (χ0) is 12.0. The number of piperidine rings is 1. The number of likely N-dealkylation sites (tertiary alicyclic amines) is 1. The van der Waals surface area contributed by atoms with Crippen molar-refractivity contribution in [1.82, 2.24) is 9.80 Å². The van der Waals surface area contributed by atoms with Crippen LogP contribution in [0.2, 0.25) is 0 Å². The van der Waals surface area contributed by atoms with E-state index >= 15 is 0 Å². The van der Waals surface area contributed by atoms with Crippen LogP contribution in [0.1, 0.15) is 19.8 Å². The molecule has 0 radical (unpaired) electrons. The van der Waals surface area contributed by atoms with Crippen molar-refractivity contribution in [3.05, 3.63) is 24.3 Å². The number of hydrogen-bond acceptors (Lipinski definition) is 2. The predicted octanol–water partition coefficient (Wildman–Crippen LogP) is 1.67. The molecule has 3 nitrogen and oxygen atoms in total. The van der Waals surface area contributed by atoms with Gasteiger partial charge in [0, 0.05) is 25.7 Å². The lowest BCUT2D eigenvalue weighted by atomic mass is 10.1. The van der Waals surface area contributed by atoms with Crippen LogP contribution < -0.4 is 0 Å². The van der Waals surface area contributed by atoms with Gasteiger partial charge in [0.1, 0.15) is 0 Å². The number of likely N-dealkylation sites (N-methyl/N-ethyl adjacent to an activating group) is 2. The van der Waals surface area contributed by atoms with E-state index in [1.165, 1.54) is 6.42 Å². The van der Waals surface area contributed by atoms with Crippen LogP contribution in [0.4, 0.5) is 0 Å². The number of carbonyl (C=O) groups is 1. The Bertz CT molecular complexity index is 284. The van der Waals surface area contributed by atoms with Crippen LogP contribution >= 0.6 is 0 Å². The van der Waals surface area contributed by atoms with E-state index in [-0.39, 0.29) is 5.91 Å². The fourth-order valence-corrected chi connectivity index (χ4v) is 2.00. The molecule has 1 aliphatic heterocycles. The van der Waals surface area contributed by atoms with Crippen LogP contribution in [0.5, 0.6) is 0 Å². The van der Waals surface area contributed by atoms with Crippen molar-refractivity contribution in [1.29, 1.82) is 0 Å². The van der Waals surface area contributed by atoms with Gasteiger partial charge in [-0.2, -0.15) is 0 Å². The molecular weight excluding hydrogens is 200 g/mol. The second-order valence-electron chi connectivity index (χ2n) is 4.39. The summed E-state index contributed by atoms with van der Waals surface area (Å²) in [6.45, 7) is 4.07. The van der Waals surface area contributed by atoms with Crippen LogP contribution in [-0.2, 0) is 4.79 Å². The molecule has 16 heavy (non-hydrogen) atoms. The summed E-state index contributed by atoms with van der Waals surface area (Å²) in [5.74, 6) is 0.0957. The number of amides is 1. The number of nitrogens with zero attached hydrogens (tertiary/aromatic N) is 2. The predicted molar refractivity (Wildman–Crippen MR) is 67.2 cm³/mol. The van der Waals surface area contributed by atoms with E-state index in [9.17, 15) is 4.79 Å². The molecule has 0 aliphatic carbocycles. The van der Waals surface area contributed by atoms with Gasteiger partial charge in [0.15, 0.2) is 0 Å². The quantitative estimate of drug-likeness (QED) is 0.536. The van der Waals surface area contributed by atoms with Crippen molar-refractivity contribution in [2.45, 2.75) is 25.8 Å². The summed E-state index contributed by atoms with van der Waals surface area (Å²) in [5, 5.41) is 0. The minimum absolute atomic E-state index is 0.0957. The Morgan fingerprint density at radius 3 is 2.81 bits per heavy atom. The summed E-state index contributed by atoms with van der Waals surface area (Å²) >= 11 is 0. The minimum Gasteiger partial charge on any atom is -0.338 e. The maximum atomic E-state index is 11.8. The summed E-state index contributed by atoms with van der Waals surface area (Å²) in [6.07, 6.45) is 9.51. The summed E-state index contributed by atoms with van der Waals surface area (Å²) in [5.41, 5.74) is 0. The molecule has 0 spiro atoms. The molecule has 0 aromatic rings. The molecule has 1 rings (SSSR count). The molecule has 0 unspecified atom stereocenters. The molecule has 0 aromatic heterocycles. The highest BCUT2D eigenvalue weighted by atomic mass is 16.2. The highest BCUT2D eigenvalue weighted by Gasteiger charge is 2.22. The highest BCUT2D eigenvalue weighted by molar-refractivity contribution is 5.87. The number of allylic oxidation sites excluding steroid dienone is 3. The van der Waals surface area contributed by atoms with Crippen molar-refractivity contribution in [2.24, 2.45) is 0 Å². The van der Waals surface area contributed by atoms with Gasteiger partial charge in [-0.3, -0.25) is 4.79 Å². The van der Waals surface area contributed by atoms with E-state index in [4.69, 9.17) is 0 Å². The van der Waals surface area contributed by atoms with E-state index < -0.39 is 0 Å². The monoisotopic (exact) mass is 222 g/mol. The van der Waals surface area contributed by atoms with Gasteiger partial charge in [0.25, 0.3) is 0 Å². The topological polar surface area (TPSA) is 23.6 Å². The molecule has 0 aromatic carbocycles. The molecule has 0 N–H and O–H groups in total. The van der Waals surface area contributed by atoms with Crippen LogP contribution in [0.25, 0.3) is 0 Å². The van der Waals surface area contributed by atoms with Gasteiger partial charge < -0.3 is 9.80 Å². The third kappa shape index (κ3) is 3.81. The Morgan fingerprint density at radius 1 is 1.44 bits per heavy atom. The summed E-state index contributed by atoms with van der Waals surface area (Å²) in [4.78, 5) is 16.0. The number of hydrogen-bond donors (Lipinski definition) is 0. The van der Waals surface area contributed by atoms with Gasteiger partial charge in [0.05, 0.1) is 0 Å². The minimum atomic E-state index is 0.0957.